The van der Waals surface area contributed by atoms with E-state index >= 15 is 0 Å². The molecule has 0 aromatic rings. The van der Waals surface area contributed by atoms with Crippen LogP contribution < -0.4 is 0 Å². The van der Waals surface area contributed by atoms with Gasteiger partial charge in [0.05, 0.1) is 15.7 Å². The van der Waals surface area contributed by atoms with Gasteiger partial charge in [-0.2, -0.15) is 0 Å². The Balaban J connectivity index is 1.68. The Morgan fingerprint density at radius 3 is 2.25 bits per heavy atom. The number of hydrogen-bond donors (Lipinski definition) is 0. The second-order valence-corrected chi connectivity index (χ2v) is 8.61. The van der Waals surface area contributed by atoms with Gasteiger partial charge in [-0.25, -0.2) is 0 Å². The second-order valence-electron chi connectivity index (χ2n) is 8.61. The van der Waals surface area contributed by atoms with Crippen LogP contribution in [0.3, 0.4) is 0 Å². The van der Waals surface area contributed by atoms with Gasteiger partial charge in [0.2, 0.25) is 0 Å². The first kappa shape index (κ1) is 11.2. The van der Waals surface area contributed by atoms with Crippen molar-refractivity contribution in [3.05, 3.63) is 0 Å². The molecule has 0 saturated heterocycles. The summed E-state index contributed by atoms with van der Waals surface area (Å²) in [6.45, 7) is 7.25. The Bertz CT molecular complexity index is 315. The van der Waals surface area contributed by atoms with E-state index in [4.69, 9.17) is 0 Å². The third kappa shape index (κ3) is 1.31. The van der Waals surface area contributed by atoms with Crippen LogP contribution in [0, 0.1) is 28.6 Å². The molecule has 2 heteroatoms. The minimum absolute atomic E-state index is 0.455. The summed E-state index contributed by atoms with van der Waals surface area (Å²) >= 11 is 0. The Labute approximate surface area is 103 Å². The molecule has 3 fully saturated rings. The van der Waals surface area contributed by atoms with Crippen LogP contribution in [0.5, 0.6) is 0 Å². The fourth-order valence-electron chi connectivity index (χ4n) is 4.53. The highest BCUT2D eigenvalue weighted by atomic mass is 14.7. The third-order valence-electron chi connectivity index (χ3n) is 6.91. The van der Waals surface area contributed by atoms with Gasteiger partial charge in [-0.15, -0.1) is 0 Å². The fourth-order valence-corrected chi connectivity index (χ4v) is 4.53. The van der Waals surface area contributed by atoms with Gasteiger partial charge >= 0.3 is 0 Å². The summed E-state index contributed by atoms with van der Waals surface area (Å²) in [5.41, 5.74) is 1.37. The Kier molecular flexibility index (Phi) is 2.05. The molecule has 4 atom stereocenters. The van der Waals surface area contributed by atoms with E-state index in [9.17, 15) is 0 Å². The van der Waals surface area contributed by atoms with Crippen LogP contribution in [-0.2, 0) is 0 Å². The molecule has 0 radical (unpaired) electrons. The molecular weight excluding hydrogens is 190 g/mol. The van der Waals surface area contributed by atoms with Gasteiger partial charge in [0.15, 0.2) is 0 Å². The van der Waals surface area contributed by atoms with Crippen LogP contribution in [-0.4, -0.2) is 15.7 Å². The van der Waals surface area contributed by atoms with Crippen molar-refractivity contribution in [3.63, 3.8) is 0 Å². The summed E-state index contributed by atoms with van der Waals surface area (Å²) in [6.07, 6.45) is 7.78. The lowest BCUT2D eigenvalue weighted by molar-refractivity contribution is 0.162. The van der Waals surface area contributed by atoms with Crippen LogP contribution in [0.1, 0.15) is 52.9 Å². The van der Waals surface area contributed by atoms with Crippen LogP contribution >= 0.6 is 0 Å². The first-order valence-corrected chi connectivity index (χ1v) is 7.26. The molecule has 3 saturated carbocycles. The quantitative estimate of drug-likeness (QED) is 0.621. The summed E-state index contributed by atoms with van der Waals surface area (Å²) in [6, 6.07) is 0. The zero-order valence-corrected chi connectivity index (χ0v) is 11.8. The predicted octanol–water partition coefficient (Wildman–Crippen LogP) is 2.24. The topological polar surface area (TPSA) is 0 Å². The van der Waals surface area contributed by atoms with Crippen LogP contribution in [0.4, 0.5) is 0 Å². The molecule has 0 aromatic carbocycles. The molecule has 3 aliphatic rings. The predicted molar refractivity (Wildman–Crippen MR) is 75.2 cm³/mol. The minimum Gasteiger partial charge on any atom is -0.0796 e. The molecule has 0 aromatic heterocycles. The van der Waals surface area contributed by atoms with Gasteiger partial charge < -0.3 is 0 Å². The summed E-state index contributed by atoms with van der Waals surface area (Å²) in [7, 11) is 4.98. The van der Waals surface area contributed by atoms with Crippen molar-refractivity contribution in [2.75, 3.05) is 0 Å². The SMILES string of the molecule is BC(B)(CC1CC2CCC23CC13)C(C)(C)C. The van der Waals surface area contributed by atoms with E-state index in [0.717, 1.165) is 23.2 Å². The maximum absolute atomic E-state index is 2.49. The molecular formula is C14H26B2. The van der Waals surface area contributed by atoms with Crippen LogP contribution in [0.2, 0.25) is 5.21 Å². The average Bonchev–Trinajstić information content (AvgIpc) is 2.80. The molecule has 0 nitrogen and oxygen atoms in total. The Morgan fingerprint density at radius 1 is 1.25 bits per heavy atom. The van der Waals surface area contributed by atoms with Crippen molar-refractivity contribution in [1.82, 2.24) is 0 Å². The maximum atomic E-state index is 2.49. The maximum Gasteiger partial charge on any atom is 0.0998 e. The highest BCUT2D eigenvalue weighted by Gasteiger charge is 2.70. The van der Waals surface area contributed by atoms with E-state index < -0.39 is 0 Å². The van der Waals surface area contributed by atoms with Crippen molar-refractivity contribution < 1.29 is 0 Å². The van der Waals surface area contributed by atoms with E-state index in [1.165, 1.54) is 6.42 Å². The van der Waals surface area contributed by atoms with E-state index in [2.05, 4.69) is 36.5 Å². The van der Waals surface area contributed by atoms with Gasteiger partial charge in [-0.05, 0) is 54.3 Å². The van der Waals surface area contributed by atoms with Crippen molar-refractivity contribution in [3.8, 4) is 0 Å². The van der Waals surface area contributed by atoms with E-state index in [0.29, 0.717) is 10.6 Å². The smallest absolute Gasteiger partial charge is 0.0796 e. The van der Waals surface area contributed by atoms with E-state index in [1.807, 2.05) is 0 Å². The van der Waals surface area contributed by atoms with Gasteiger partial charge in [-0.3, -0.25) is 0 Å². The first-order chi connectivity index (χ1) is 7.26. The highest BCUT2D eigenvalue weighted by Crippen LogP contribution is 2.79. The average molecular weight is 216 g/mol. The van der Waals surface area contributed by atoms with Crippen LogP contribution in [0.25, 0.3) is 0 Å². The third-order valence-corrected chi connectivity index (χ3v) is 6.91. The number of rotatable bonds is 2. The lowest BCUT2D eigenvalue weighted by Gasteiger charge is -2.41. The summed E-state index contributed by atoms with van der Waals surface area (Å²) < 4.78 is 0. The second kappa shape index (κ2) is 2.93. The van der Waals surface area contributed by atoms with Crippen molar-refractivity contribution >= 4 is 15.7 Å². The minimum atomic E-state index is 0.455. The first-order valence-electron chi connectivity index (χ1n) is 7.26. The molecule has 0 bridgehead atoms. The molecule has 88 valence electrons. The van der Waals surface area contributed by atoms with E-state index in [1.54, 1.807) is 25.7 Å². The molecule has 0 N–H and O–H groups in total. The Hall–Kier alpha value is 0.130. The van der Waals surface area contributed by atoms with Gasteiger partial charge in [0.25, 0.3) is 0 Å². The normalized spacial score (nSPS) is 45.8. The largest absolute Gasteiger partial charge is 0.0998 e. The summed E-state index contributed by atoms with van der Waals surface area (Å²) in [4.78, 5) is 0. The summed E-state index contributed by atoms with van der Waals surface area (Å²) in [5, 5.41) is 0.505. The molecule has 1 spiro atoms. The van der Waals surface area contributed by atoms with Crippen molar-refractivity contribution in [2.45, 2.75) is 58.1 Å². The monoisotopic (exact) mass is 216 g/mol. The summed E-state index contributed by atoms with van der Waals surface area (Å²) in [5.74, 6) is 3.37. The lowest BCUT2D eigenvalue weighted by atomic mass is 9.41. The van der Waals surface area contributed by atoms with Crippen molar-refractivity contribution in [2.24, 2.45) is 28.6 Å². The molecule has 4 unspecified atom stereocenters. The van der Waals surface area contributed by atoms with Gasteiger partial charge in [-0.1, -0.05) is 32.4 Å². The molecule has 0 amide bonds. The molecule has 0 aliphatic heterocycles. The fraction of sp³-hybridized carbons (Fsp3) is 1.00. The molecule has 16 heavy (non-hydrogen) atoms. The van der Waals surface area contributed by atoms with Gasteiger partial charge in [0, 0.05) is 0 Å². The number of hydrogen-bond acceptors (Lipinski definition) is 0. The Morgan fingerprint density at radius 2 is 1.94 bits per heavy atom. The van der Waals surface area contributed by atoms with E-state index in [-0.39, 0.29) is 0 Å². The standard InChI is InChI=1S/C14H26B2/c1-12(2,3)14(15,16)7-9-6-10-4-5-13(10)8-11(9)13/h9-11H,4-8,15-16H2,1-3H3. The molecule has 0 heterocycles. The van der Waals surface area contributed by atoms with Crippen molar-refractivity contribution in [1.29, 1.82) is 0 Å². The lowest BCUT2D eigenvalue weighted by Crippen LogP contribution is -2.32. The highest BCUT2D eigenvalue weighted by molar-refractivity contribution is 6.40. The molecule has 3 aliphatic carbocycles. The van der Waals surface area contributed by atoms with Crippen LogP contribution in [0.15, 0.2) is 0 Å². The zero-order valence-electron chi connectivity index (χ0n) is 11.8. The van der Waals surface area contributed by atoms with Gasteiger partial charge in [0.1, 0.15) is 0 Å². The zero-order chi connectivity index (χ0) is 11.8. The molecule has 3 rings (SSSR count).